The lowest BCUT2D eigenvalue weighted by atomic mass is 10.2. The number of hydrogen-bond acceptors (Lipinski definition) is 5. The minimum Gasteiger partial charge on any atom is -0.469 e. The smallest absolute Gasteiger partial charge is 0.226 e. The van der Waals surface area contributed by atoms with Crippen molar-refractivity contribution in [2.75, 3.05) is 10.7 Å². The standard InChI is InChI=1S/C18H22N4OS/c1-3-14(2)22(15-8-5-4-6-9-15)17-19-18(21-20-17)24-13-11-16-10-7-12-23-16/h4-10,12,14H,3,11,13H2,1-2H3,(H,19,20,21). The molecule has 0 aliphatic rings. The van der Waals surface area contributed by atoms with Gasteiger partial charge in [0.2, 0.25) is 11.1 Å². The summed E-state index contributed by atoms with van der Waals surface area (Å²) in [7, 11) is 0. The Kier molecular flexibility index (Phi) is 5.59. The van der Waals surface area contributed by atoms with Gasteiger partial charge in [-0.15, -0.1) is 5.10 Å². The summed E-state index contributed by atoms with van der Waals surface area (Å²) in [4.78, 5) is 6.86. The van der Waals surface area contributed by atoms with E-state index >= 15 is 0 Å². The van der Waals surface area contributed by atoms with Crippen LogP contribution in [0.25, 0.3) is 0 Å². The van der Waals surface area contributed by atoms with Crippen LogP contribution in [0, 0.1) is 0 Å². The van der Waals surface area contributed by atoms with Gasteiger partial charge < -0.3 is 9.32 Å². The van der Waals surface area contributed by atoms with Crippen molar-refractivity contribution in [3.63, 3.8) is 0 Å². The number of aryl methyl sites for hydroxylation is 1. The number of anilines is 2. The second-order valence-electron chi connectivity index (χ2n) is 5.58. The van der Waals surface area contributed by atoms with E-state index in [9.17, 15) is 0 Å². The predicted molar refractivity (Wildman–Crippen MR) is 97.9 cm³/mol. The fourth-order valence-electron chi connectivity index (χ4n) is 2.47. The minimum atomic E-state index is 0.335. The van der Waals surface area contributed by atoms with Gasteiger partial charge in [-0.25, -0.2) is 5.10 Å². The van der Waals surface area contributed by atoms with E-state index in [1.807, 2.05) is 30.3 Å². The Morgan fingerprint density at radius 1 is 1.21 bits per heavy atom. The molecule has 126 valence electrons. The molecule has 0 saturated carbocycles. The molecule has 2 aromatic heterocycles. The number of hydrogen-bond donors (Lipinski definition) is 1. The van der Waals surface area contributed by atoms with Crippen LogP contribution in [0.3, 0.4) is 0 Å². The number of furan rings is 1. The Hall–Kier alpha value is -2.21. The molecule has 1 unspecified atom stereocenters. The van der Waals surface area contributed by atoms with Gasteiger partial charge in [0.25, 0.3) is 0 Å². The zero-order chi connectivity index (χ0) is 16.8. The second kappa shape index (κ2) is 8.06. The number of nitrogens with zero attached hydrogens (tertiary/aromatic N) is 3. The molecule has 1 atom stereocenters. The lowest BCUT2D eigenvalue weighted by Gasteiger charge is -2.27. The van der Waals surface area contributed by atoms with Crippen molar-refractivity contribution in [3.05, 3.63) is 54.5 Å². The van der Waals surface area contributed by atoms with Crippen LogP contribution in [0.15, 0.2) is 58.3 Å². The Labute approximate surface area is 146 Å². The van der Waals surface area contributed by atoms with E-state index in [4.69, 9.17) is 4.42 Å². The van der Waals surface area contributed by atoms with Crippen molar-refractivity contribution < 1.29 is 4.42 Å². The average molecular weight is 342 g/mol. The highest BCUT2D eigenvalue weighted by atomic mass is 32.2. The minimum absolute atomic E-state index is 0.335. The molecule has 0 aliphatic heterocycles. The van der Waals surface area contributed by atoms with Gasteiger partial charge in [0.1, 0.15) is 5.76 Å². The number of rotatable bonds is 8. The third kappa shape index (κ3) is 4.00. The maximum Gasteiger partial charge on any atom is 0.226 e. The second-order valence-corrected chi connectivity index (χ2v) is 6.64. The van der Waals surface area contributed by atoms with Crippen molar-refractivity contribution in [2.24, 2.45) is 0 Å². The highest BCUT2D eigenvalue weighted by Crippen LogP contribution is 2.27. The SMILES string of the molecule is CCC(C)N(c1ccccc1)c1nc(SCCc2ccco2)n[nH]1. The van der Waals surface area contributed by atoms with Crippen LogP contribution in [-0.2, 0) is 6.42 Å². The number of nitrogens with one attached hydrogen (secondary N) is 1. The van der Waals surface area contributed by atoms with Crippen LogP contribution in [0.2, 0.25) is 0 Å². The molecule has 0 radical (unpaired) electrons. The lowest BCUT2D eigenvalue weighted by molar-refractivity contribution is 0.517. The molecular formula is C18H22N4OS. The lowest BCUT2D eigenvalue weighted by Crippen LogP contribution is -2.28. The van der Waals surface area contributed by atoms with E-state index in [1.54, 1.807) is 18.0 Å². The van der Waals surface area contributed by atoms with Crippen molar-refractivity contribution in [2.45, 2.75) is 37.9 Å². The van der Waals surface area contributed by atoms with E-state index < -0.39 is 0 Å². The Bertz CT molecular complexity index is 727. The van der Waals surface area contributed by atoms with Gasteiger partial charge in [-0.05, 0) is 37.6 Å². The molecule has 0 saturated heterocycles. The third-order valence-corrected chi connectivity index (χ3v) is 4.76. The van der Waals surface area contributed by atoms with Gasteiger partial charge in [-0.2, -0.15) is 4.98 Å². The number of para-hydroxylation sites is 1. The van der Waals surface area contributed by atoms with Crippen LogP contribution in [0.4, 0.5) is 11.6 Å². The number of thioether (sulfide) groups is 1. The first-order chi connectivity index (χ1) is 11.8. The molecular weight excluding hydrogens is 320 g/mol. The fourth-order valence-corrected chi connectivity index (χ4v) is 3.21. The number of aromatic amines is 1. The summed E-state index contributed by atoms with van der Waals surface area (Å²) in [5.41, 5.74) is 1.12. The molecule has 0 amide bonds. The molecule has 0 fully saturated rings. The van der Waals surface area contributed by atoms with E-state index in [0.717, 1.165) is 41.1 Å². The Morgan fingerprint density at radius 2 is 2.04 bits per heavy atom. The maximum absolute atomic E-state index is 5.35. The van der Waals surface area contributed by atoms with Crippen molar-refractivity contribution in [1.29, 1.82) is 0 Å². The van der Waals surface area contributed by atoms with Crippen LogP contribution >= 0.6 is 11.8 Å². The molecule has 0 aliphatic carbocycles. The molecule has 2 heterocycles. The number of benzene rings is 1. The van der Waals surface area contributed by atoms with Crippen molar-refractivity contribution in [1.82, 2.24) is 15.2 Å². The average Bonchev–Trinajstić information content (AvgIpc) is 3.28. The Morgan fingerprint density at radius 3 is 2.75 bits per heavy atom. The molecule has 0 bridgehead atoms. The monoisotopic (exact) mass is 342 g/mol. The van der Waals surface area contributed by atoms with E-state index in [-0.39, 0.29) is 0 Å². The van der Waals surface area contributed by atoms with E-state index in [1.165, 1.54) is 0 Å². The Balaban J connectivity index is 1.69. The van der Waals surface area contributed by atoms with Gasteiger partial charge >= 0.3 is 0 Å². The molecule has 1 N–H and O–H groups in total. The van der Waals surface area contributed by atoms with Crippen molar-refractivity contribution >= 4 is 23.4 Å². The highest BCUT2D eigenvalue weighted by molar-refractivity contribution is 7.99. The third-order valence-electron chi connectivity index (χ3n) is 3.91. The molecule has 1 aromatic carbocycles. The van der Waals surface area contributed by atoms with Crippen LogP contribution < -0.4 is 4.90 Å². The van der Waals surface area contributed by atoms with Crippen molar-refractivity contribution in [3.8, 4) is 0 Å². The topological polar surface area (TPSA) is 58.0 Å². The summed E-state index contributed by atoms with van der Waals surface area (Å²) in [5.74, 6) is 2.67. The maximum atomic E-state index is 5.35. The van der Waals surface area contributed by atoms with Gasteiger partial charge in [0.05, 0.1) is 6.26 Å². The zero-order valence-corrected chi connectivity index (χ0v) is 14.8. The summed E-state index contributed by atoms with van der Waals surface area (Å²) in [6.45, 7) is 4.37. The van der Waals surface area contributed by atoms with Crippen LogP contribution in [0.5, 0.6) is 0 Å². The molecule has 3 aromatic rings. The predicted octanol–water partition coefficient (Wildman–Crippen LogP) is 4.67. The molecule has 5 nitrogen and oxygen atoms in total. The highest BCUT2D eigenvalue weighted by Gasteiger charge is 2.19. The summed E-state index contributed by atoms with van der Waals surface area (Å²) in [6, 6.07) is 14.5. The molecule has 6 heteroatoms. The fraction of sp³-hybridized carbons (Fsp3) is 0.333. The van der Waals surface area contributed by atoms with E-state index in [2.05, 4.69) is 46.1 Å². The summed E-state index contributed by atoms with van der Waals surface area (Å²) in [5, 5.41) is 8.20. The molecule has 24 heavy (non-hydrogen) atoms. The van der Waals surface area contributed by atoms with Crippen LogP contribution in [-0.4, -0.2) is 27.0 Å². The molecule has 0 spiro atoms. The largest absolute Gasteiger partial charge is 0.469 e. The zero-order valence-electron chi connectivity index (χ0n) is 14.0. The first-order valence-corrected chi connectivity index (χ1v) is 9.18. The molecule has 3 rings (SSSR count). The first kappa shape index (κ1) is 16.6. The summed E-state index contributed by atoms with van der Waals surface area (Å²) < 4.78 is 5.35. The van der Waals surface area contributed by atoms with E-state index in [0.29, 0.717) is 6.04 Å². The van der Waals surface area contributed by atoms with Gasteiger partial charge in [0.15, 0.2) is 0 Å². The van der Waals surface area contributed by atoms with Gasteiger partial charge in [-0.3, -0.25) is 0 Å². The van der Waals surface area contributed by atoms with Crippen LogP contribution in [0.1, 0.15) is 26.0 Å². The van der Waals surface area contributed by atoms with Gasteiger partial charge in [-0.1, -0.05) is 36.9 Å². The quantitative estimate of drug-likeness (QED) is 0.603. The summed E-state index contributed by atoms with van der Waals surface area (Å²) >= 11 is 1.63. The summed E-state index contributed by atoms with van der Waals surface area (Å²) in [6.07, 6.45) is 3.60. The normalized spacial score (nSPS) is 12.2. The van der Waals surface area contributed by atoms with Gasteiger partial charge in [0, 0.05) is 23.9 Å². The first-order valence-electron chi connectivity index (χ1n) is 8.19. The number of aromatic nitrogens is 3. The number of H-pyrrole nitrogens is 1.